The minimum Gasteiger partial charge on any atom is -0.476 e. The number of rotatable bonds is 4. The summed E-state index contributed by atoms with van der Waals surface area (Å²) in [6.45, 7) is 6.30. The van der Waals surface area contributed by atoms with Gasteiger partial charge in [-0.2, -0.15) is 0 Å². The largest absolute Gasteiger partial charge is 0.476 e. The van der Waals surface area contributed by atoms with Gasteiger partial charge in [-0.1, -0.05) is 19.9 Å². The normalized spacial score (nSPS) is 10.6. The quantitative estimate of drug-likeness (QED) is 0.923. The summed E-state index contributed by atoms with van der Waals surface area (Å²) in [7, 11) is 0. The molecular weight excluding hydrogens is 256 g/mol. The molecule has 0 atom stereocenters. The number of aromatic carboxylic acids is 1. The highest BCUT2D eigenvalue weighted by Crippen LogP contribution is 2.25. The zero-order valence-electron chi connectivity index (χ0n) is 11.6. The van der Waals surface area contributed by atoms with E-state index in [2.05, 4.69) is 23.8 Å². The molecule has 0 aliphatic rings. The molecule has 1 aromatic heterocycles. The van der Waals surface area contributed by atoms with Crippen molar-refractivity contribution in [3.05, 3.63) is 47.4 Å². The van der Waals surface area contributed by atoms with Crippen molar-refractivity contribution in [3.63, 3.8) is 0 Å². The number of benzene rings is 1. The van der Waals surface area contributed by atoms with E-state index in [4.69, 9.17) is 9.84 Å². The average molecular weight is 272 g/mol. The number of ether oxygens (including phenoxy) is 1. The topological polar surface area (TPSA) is 72.3 Å². The molecule has 5 nitrogen and oxygen atoms in total. The number of aryl methyl sites for hydroxylation is 1. The van der Waals surface area contributed by atoms with Crippen LogP contribution in [0.3, 0.4) is 0 Å². The molecule has 2 rings (SSSR count). The number of carboxylic acid groups (broad SMARTS) is 1. The maximum Gasteiger partial charge on any atom is 0.356 e. The van der Waals surface area contributed by atoms with Gasteiger partial charge in [0.2, 0.25) is 5.88 Å². The third-order valence-electron chi connectivity index (χ3n) is 2.93. The van der Waals surface area contributed by atoms with Gasteiger partial charge >= 0.3 is 5.97 Å². The van der Waals surface area contributed by atoms with E-state index in [-0.39, 0.29) is 11.6 Å². The lowest BCUT2D eigenvalue weighted by Crippen LogP contribution is -2.01. The lowest BCUT2D eigenvalue weighted by Gasteiger charge is -2.11. The smallest absolute Gasteiger partial charge is 0.356 e. The van der Waals surface area contributed by atoms with Gasteiger partial charge in [0, 0.05) is 0 Å². The number of carbonyl (C=O) groups is 1. The molecule has 1 heterocycles. The standard InChI is InChI=1S/C15H16N2O3/c1-9(2)12-5-4-11(6-10(12)3)20-14-8-16-13(7-17-14)15(18)19/h4-9H,1-3H3,(H,18,19). The molecule has 0 unspecified atom stereocenters. The van der Waals surface area contributed by atoms with Gasteiger partial charge in [0.05, 0.1) is 12.4 Å². The first-order valence-electron chi connectivity index (χ1n) is 6.31. The minimum atomic E-state index is -1.11. The Morgan fingerprint density at radius 1 is 1.25 bits per heavy atom. The SMILES string of the molecule is Cc1cc(Oc2cnc(C(=O)O)cn2)ccc1C(C)C. The third kappa shape index (κ3) is 3.12. The second kappa shape index (κ2) is 5.69. The van der Waals surface area contributed by atoms with Crippen molar-refractivity contribution in [2.75, 3.05) is 0 Å². The molecular formula is C15H16N2O3. The maximum absolute atomic E-state index is 10.7. The average Bonchev–Trinajstić information content (AvgIpc) is 2.39. The lowest BCUT2D eigenvalue weighted by molar-refractivity contribution is 0.0690. The van der Waals surface area contributed by atoms with Gasteiger partial charge in [-0.05, 0) is 36.1 Å². The van der Waals surface area contributed by atoms with Crippen LogP contribution in [0.4, 0.5) is 0 Å². The molecule has 0 saturated heterocycles. The van der Waals surface area contributed by atoms with Gasteiger partial charge in [-0.15, -0.1) is 0 Å². The number of aromatic nitrogens is 2. The van der Waals surface area contributed by atoms with E-state index in [9.17, 15) is 4.79 Å². The number of hydrogen-bond donors (Lipinski definition) is 1. The summed E-state index contributed by atoms with van der Waals surface area (Å²) in [5.41, 5.74) is 2.31. The van der Waals surface area contributed by atoms with Crippen LogP contribution in [0, 0.1) is 6.92 Å². The van der Waals surface area contributed by atoms with E-state index < -0.39 is 5.97 Å². The molecule has 0 amide bonds. The molecule has 1 aromatic carbocycles. The fourth-order valence-corrected chi connectivity index (χ4v) is 1.96. The van der Waals surface area contributed by atoms with E-state index >= 15 is 0 Å². The van der Waals surface area contributed by atoms with E-state index in [1.165, 1.54) is 18.0 Å². The van der Waals surface area contributed by atoms with Gasteiger partial charge < -0.3 is 9.84 Å². The highest BCUT2D eigenvalue weighted by molar-refractivity contribution is 5.84. The van der Waals surface area contributed by atoms with Crippen LogP contribution in [0.25, 0.3) is 0 Å². The first kappa shape index (κ1) is 14.0. The molecule has 0 bridgehead atoms. The number of carboxylic acids is 1. The molecule has 0 radical (unpaired) electrons. The summed E-state index contributed by atoms with van der Waals surface area (Å²) in [5, 5.41) is 8.74. The van der Waals surface area contributed by atoms with Crippen molar-refractivity contribution in [2.24, 2.45) is 0 Å². The van der Waals surface area contributed by atoms with Crippen LogP contribution in [0.5, 0.6) is 11.6 Å². The Bertz CT molecular complexity index is 622. The van der Waals surface area contributed by atoms with Gasteiger partial charge in [0.25, 0.3) is 0 Å². The maximum atomic E-state index is 10.7. The summed E-state index contributed by atoms with van der Waals surface area (Å²) < 4.78 is 5.56. The predicted molar refractivity (Wildman–Crippen MR) is 74.3 cm³/mol. The minimum absolute atomic E-state index is 0.108. The van der Waals surface area contributed by atoms with Crippen molar-refractivity contribution in [2.45, 2.75) is 26.7 Å². The molecule has 2 aromatic rings. The summed E-state index contributed by atoms with van der Waals surface area (Å²) in [6, 6.07) is 5.83. The van der Waals surface area contributed by atoms with Crippen molar-refractivity contribution >= 4 is 5.97 Å². The Hall–Kier alpha value is -2.43. The number of nitrogens with zero attached hydrogens (tertiary/aromatic N) is 2. The molecule has 5 heteroatoms. The Labute approximate surface area is 117 Å². The van der Waals surface area contributed by atoms with Crippen LogP contribution in [0.1, 0.15) is 41.4 Å². The van der Waals surface area contributed by atoms with Crippen LogP contribution < -0.4 is 4.74 Å². The number of hydrogen-bond acceptors (Lipinski definition) is 4. The molecule has 0 fully saturated rings. The monoisotopic (exact) mass is 272 g/mol. The Morgan fingerprint density at radius 2 is 2.00 bits per heavy atom. The zero-order valence-corrected chi connectivity index (χ0v) is 11.6. The van der Waals surface area contributed by atoms with Crippen LogP contribution >= 0.6 is 0 Å². The van der Waals surface area contributed by atoms with Gasteiger partial charge in [-0.25, -0.2) is 14.8 Å². The van der Waals surface area contributed by atoms with Gasteiger partial charge in [-0.3, -0.25) is 0 Å². The molecule has 0 saturated carbocycles. The van der Waals surface area contributed by atoms with Crippen LogP contribution in [-0.2, 0) is 0 Å². The van der Waals surface area contributed by atoms with E-state index in [1.54, 1.807) is 0 Å². The predicted octanol–water partition coefficient (Wildman–Crippen LogP) is 3.40. The van der Waals surface area contributed by atoms with E-state index in [0.717, 1.165) is 5.56 Å². The first-order valence-corrected chi connectivity index (χ1v) is 6.31. The fourth-order valence-electron chi connectivity index (χ4n) is 1.96. The molecule has 0 aliphatic carbocycles. The van der Waals surface area contributed by atoms with Crippen molar-refractivity contribution in [3.8, 4) is 11.6 Å². The Morgan fingerprint density at radius 3 is 2.50 bits per heavy atom. The van der Waals surface area contributed by atoms with Crippen molar-refractivity contribution in [1.82, 2.24) is 9.97 Å². The van der Waals surface area contributed by atoms with Gasteiger partial charge in [0.15, 0.2) is 5.69 Å². The third-order valence-corrected chi connectivity index (χ3v) is 2.93. The second-order valence-corrected chi connectivity index (χ2v) is 4.82. The summed E-state index contributed by atoms with van der Waals surface area (Å²) in [5.74, 6) is 0.274. The summed E-state index contributed by atoms with van der Waals surface area (Å²) >= 11 is 0. The van der Waals surface area contributed by atoms with Crippen molar-refractivity contribution in [1.29, 1.82) is 0 Å². The van der Waals surface area contributed by atoms with Crippen LogP contribution in [-0.4, -0.2) is 21.0 Å². The van der Waals surface area contributed by atoms with Crippen molar-refractivity contribution < 1.29 is 14.6 Å². The highest BCUT2D eigenvalue weighted by atomic mass is 16.5. The van der Waals surface area contributed by atoms with Gasteiger partial charge in [0.1, 0.15) is 5.75 Å². The Kier molecular flexibility index (Phi) is 3.98. The zero-order chi connectivity index (χ0) is 14.7. The second-order valence-electron chi connectivity index (χ2n) is 4.82. The Balaban J connectivity index is 2.17. The molecule has 0 spiro atoms. The highest BCUT2D eigenvalue weighted by Gasteiger charge is 2.08. The molecule has 20 heavy (non-hydrogen) atoms. The summed E-state index contributed by atoms with van der Waals surface area (Å²) in [4.78, 5) is 18.3. The molecule has 104 valence electrons. The fraction of sp³-hybridized carbons (Fsp3) is 0.267. The van der Waals surface area contributed by atoms with Crippen LogP contribution in [0.15, 0.2) is 30.6 Å². The summed E-state index contributed by atoms with van der Waals surface area (Å²) in [6.07, 6.45) is 2.47. The first-order chi connectivity index (χ1) is 9.47. The molecule has 0 aliphatic heterocycles. The van der Waals surface area contributed by atoms with E-state index in [0.29, 0.717) is 11.7 Å². The lowest BCUT2D eigenvalue weighted by atomic mass is 9.98. The van der Waals surface area contributed by atoms with E-state index in [1.807, 2.05) is 25.1 Å². The molecule has 1 N–H and O–H groups in total. The van der Waals surface area contributed by atoms with Crippen LogP contribution in [0.2, 0.25) is 0 Å².